The van der Waals surface area contributed by atoms with E-state index in [0.29, 0.717) is 38.3 Å². The molecule has 11 nitrogen and oxygen atoms in total. The van der Waals surface area contributed by atoms with Gasteiger partial charge in [-0.05, 0) is 39.2 Å². The Bertz CT molecular complexity index is 826. The summed E-state index contributed by atoms with van der Waals surface area (Å²) < 4.78 is 5.04. The summed E-state index contributed by atoms with van der Waals surface area (Å²) in [5.74, 6) is -0.000126. The number of carbonyl (C=O) groups excluding carboxylic acids is 3. The van der Waals surface area contributed by atoms with Crippen LogP contribution in [-0.2, 0) is 14.3 Å². The summed E-state index contributed by atoms with van der Waals surface area (Å²) >= 11 is 0. The molecule has 11 heteroatoms. The van der Waals surface area contributed by atoms with Crippen LogP contribution in [0.2, 0.25) is 0 Å². The summed E-state index contributed by atoms with van der Waals surface area (Å²) in [5.41, 5.74) is -0.927. The number of nitrogens with zero attached hydrogens (tertiary/aromatic N) is 4. The van der Waals surface area contributed by atoms with Crippen molar-refractivity contribution in [1.82, 2.24) is 25.8 Å². The van der Waals surface area contributed by atoms with Crippen LogP contribution in [0.25, 0.3) is 0 Å². The number of aliphatic imine (C=N–C) groups is 1. The van der Waals surface area contributed by atoms with Gasteiger partial charge in [0.05, 0.1) is 19.2 Å². The summed E-state index contributed by atoms with van der Waals surface area (Å²) in [7, 11) is 2.00. The molecule has 2 saturated heterocycles. The minimum Gasteiger partial charge on any atom is -0.450 e. The van der Waals surface area contributed by atoms with Gasteiger partial charge in [-0.2, -0.15) is 5.26 Å². The molecule has 1 atom stereocenters. The van der Waals surface area contributed by atoms with Gasteiger partial charge >= 0.3 is 6.09 Å². The Balaban J connectivity index is 1.86. The maximum absolute atomic E-state index is 13.6. The fourth-order valence-electron chi connectivity index (χ4n) is 4.96. The SMILES string of the molecule is CCOC(=O)NC(=NC(CC1CCCCC1)C(=O)NC1(C#N)CCN(C)CC1)N1CCNC(=O)C1. The number of rotatable bonds is 6. The Morgan fingerprint density at radius 3 is 2.60 bits per heavy atom. The van der Waals surface area contributed by atoms with Gasteiger partial charge in [-0.3, -0.25) is 14.9 Å². The van der Waals surface area contributed by atoms with E-state index in [9.17, 15) is 19.6 Å². The van der Waals surface area contributed by atoms with Gasteiger partial charge in [0.15, 0.2) is 0 Å². The second kappa shape index (κ2) is 12.7. The molecule has 3 aliphatic rings. The van der Waals surface area contributed by atoms with Crippen LogP contribution in [0, 0.1) is 17.2 Å². The van der Waals surface area contributed by atoms with Gasteiger partial charge in [-0.1, -0.05) is 32.1 Å². The number of likely N-dealkylation sites (tertiary alicyclic amines) is 1. The number of hydrogen-bond donors (Lipinski definition) is 3. The molecular weight excluding hydrogens is 450 g/mol. The molecule has 0 aromatic carbocycles. The van der Waals surface area contributed by atoms with Crippen LogP contribution in [-0.4, -0.2) is 91.6 Å². The summed E-state index contributed by atoms with van der Waals surface area (Å²) in [6.07, 6.45) is 6.44. The smallest absolute Gasteiger partial charge is 0.413 e. The number of amides is 3. The van der Waals surface area contributed by atoms with Crippen molar-refractivity contribution in [3.63, 3.8) is 0 Å². The zero-order valence-electron chi connectivity index (χ0n) is 21.0. The van der Waals surface area contributed by atoms with E-state index in [1.807, 2.05) is 7.05 Å². The predicted molar refractivity (Wildman–Crippen MR) is 130 cm³/mol. The summed E-state index contributed by atoms with van der Waals surface area (Å²) in [6.45, 7) is 4.22. The Morgan fingerprint density at radius 1 is 1.26 bits per heavy atom. The first-order chi connectivity index (χ1) is 16.8. The third-order valence-electron chi connectivity index (χ3n) is 7.11. The van der Waals surface area contributed by atoms with Gasteiger partial charge in [0, 0.05) is 26.2 Å². The van der Waals surface area contributed by atoms with Crippen LogP contribution >= 0.6 is 0 Å². The summed E-state index contributed by atoms with van der Waals surface area (Å²) in [6, 6.07) is 1.55. The number of alkyl carbamates (subject to hydrolysis) is 1. The van der Waals surface area contributed by atoms with Crippen molar-refractivity contribution in [1.29, 1.82) is 5.26 Å². The predicted octanol–water partition coefficient (Wildman–Crippen LogP) is 0.963. The standard InChI is InChI=1S/C24H39N7O4/c1-3-35-23(34)28-22(31-14-11-26-20(32)16-31)27-19(15-18-7-5-4-6-8-18)21(33)29-24(17-25)9-12-30(2)13-10-24/h18-19H,3-16H2,1-2H3,(H,26,32)(H,29,33)(H,27,28,34). The van der Waals surface area contributed by atoms with Gasteiger partial charge in [0.25, 0.3) is 0 Å². The van der Waals surface area contributed by atoms with Crippen molar-refractivity contribution in [2.75, 3.05) is 46.4 Å². The number of piperazine rings is 1. The van der Waals surface area contributed by atoms with E-state index in [1.54, 1.807) is 11.8 Å². The lowest BCUT2D eigenvalue weighted by Crippen LogP contribution is -2.57. The van der Waals surface area contributed by atoms with Crippen molar-refractivity contribution in [2.24, 2.45) is 10.9 Å². The van der Waals surface area contributed by atoms with Crippen molar-refractivity contribution in [3.05, 3.63) is 0 Å². The molecule has 194 valence electrons. The Hall–Kier alpha value is -2.87. The molecule has 3 fully saturated rings. The zero-order chi connectivity index (χ0) is 25.3. The molecule has 1 saturated carbocycles. The first-order valence-corrected chi connectivity index (χ1v) is 12.8. The molecule has 0 spiro atoms. The van der Waals surface area contributed by atoms with Crippen LogP contribution in [0.5, 0.6) is 0 Å². The summed E-state index contributed by atoms with van der Waals surface area (Å²) in [4.78, 5) is 46.4. The number of piperidine rings is 1. The van der Waals surface area contributed by atoms with Crippen molar-refractivity contribution in [3.8, 4) is 6.07 Å². The van der Waals surface area contributed by atoms with Crippen LogP contribution in [0.1, 0.15) is 58.3 Å². The van der Waals surface area contributed by atoms with E-state index in [1.165, 1.54) is 6.42 Å². The number of carbonyl (C=O) groups is 3. The second-order valence-electron chi connectivity index (χ2n) is 9.81. The molecule has 0 aromatic heterocycles. The average Bonchev–Trinajstić information content (AvgIpc) is 2.85. The quantitative estimate of drug-likeness (QED) is 0.373. The highest BCUT2D eigenvalue weighted by Crippen LogP contribution is 2.29. The highest BCUT2D eigenvalue weighted by molar-refractivity contribution is 5.97. The third-order valence-corrected chi connectivity index (χ3v) is 7.11. The molecule has 1 aliphatic carbocycles. The van der Waals surface area contributed by atoms with E-state index in [4.69, 9.17) is 9.73 Å². The van der Waals surface area contributed by atoms with Crippen LogP contribution in [0.4, 0.5) is 4.79 Å². The molecule has 2 aliphatic heterocycles. The minimum absolute atomic E-state index is 0.0253. The molecule has 0 bridgehead atoms. The monoisotopic (exact) mass is 489 g/mol. The van der Waals surface area contributed by atoms with Gasteiger partial charge in [0.1, 0.15) is 11.6 Å². The van der Waals surface area contributed by atoms with E-state index < -0.39 is 17.7 Å². The first-order valence-electron chi connectivity index (χ1n) is 12.8. The van der Waals surface area contributed by atoms with Gasteiger partial charge in [-0.15, -0.1) is 0 Å². The van der Waals surface area contributed by atoms with E-state index in [-0.39, 0.29) is 30.9 Å². The molecule has 0 aromatic rings. The van der Waals surface area contributed by atoms with Crippen LogP contribution in [0.15, 0.2) is 4.99 Å². The Morgan fingerprint density at radius 2 is 1.97 bits per heavy atom. The van der Waals surface area contributed by atoms with Crippen LogP contribution in [0.3, 0.4) is 0 Å². The maximum atomic E-state index is 13.6. The number of nitriles is 1. The lowest BCUT2D eigenvalue weighted by atomic mass is 9.84. The fraction of sp³-hybridized carbons (Fsp3) is 0.792. The van der Waals surface area contributed by atoms with Gasteiger partial charge in [-0.25, -0.2) is 9.79 Å². The fourth-order valence-corrected chi connectivity index (χ4v) is 4.96. The maximum Gasteiger partial charge on any atom is 0.413 e. The molecular formula is C24H39N7O4. The first kappa shape index (κ1) is 26.7. The number of hydrogen-bond acceptors (Lipinski definition) is 7. The van der Waals surface area contributed by atoms with E-state index in [2.05, 4.69) is 26.9 Å². The van der Waals surface area contributed by atoms with Gasteiger partial charge in [0.2, 0.25) is 17.8 Å². The van der Waals surface area contributed by atoms with Crippen LogP contribution < -0.4 is 16.0 Å². The highest BCUT2D eigenvalue weighted by Gasteiger charge is 2.38. The van der Waals surface area contributed by atoms with Crippen molar-refractivity contribution in [2.45, 2.75) is 69.9 Å². The molecule has 0 radical (unpaired) electrons. The summed E-state index contributed by atoms with van der Waals surface area (Å²) in [5, 5.41) is 18.3. The Labute approximate surface area is 207 Å². The van der Waals surface area contributed by atoms with Gasteiger partial charge < -0.3 is 25.2 Å². The van der Waals surface area contributed by atoms with Crippen molar-refractivity contribution < 1.29 is 19.1 Å². The lowest BCUT2D eigenvalue weighted by Gasteiger charge is -2.37. The number of ether oxygens (including phenoxy) is 1. The Kier molecular flexibility index (Phi) is 9.72. The topological polar surface area (TPSA) is 139 Å². The third kappa shape index (κ3) is 7.82. The number of guanidine groups is 1. The lowest BCUT2D eigenvalue weighted by molar-refractivity contribution is -0.124. The average molecular weight is 490 g/mol. The van der Waals surface area contributed by atoms with Crippen molar-refractivity contribution >= 4 is 23.9 Å². The molecule has 2 heterocycles. The van der Waals surface area contributed by atoms with E-state index in [0.717, 1.165) is 38.8 Å². The molecule has 3 rings (SSSR count). The normalized spacial score (nSPS) is 22.5. The van der Waals surface area contributed by atoms with E-state index >= 15 is 0 Å². The molecule has 3 amide bonds. The minimum atomic E-state index is -0.927. The molecule has 1 unspecified atom stereocenters. The zero-order valence-corrected chi connectivity index (χ0v) is 21.0. The number of nitrogens with one attached hydrogen (secondary N) is 3. The highest BCUT2D eigenvalue weighted by atomic mass is 16.5. The molecule has 3 N–H and O–H groups in total. The molecule has 35 heavy (non-hydrogen) atoms. The largest absolute Gasteiger partial charge is 0.450 e. The second-order valence-corrected chi connectivity index (χ2v) is 9.81.